The highest BCUT2D eigenvalue weighted by molar-refractivity contribution is 5.71. The van der Waals surface area contributed by atoms with Crippen LogP contribution in [0.1, 0.15) is 5.69 Å². The summed E-state index contributed by atoms with van der Waals surface area (Å²) in [7, 11) is 1.61. The summed E-state index contributed by atoms with van der Waals surface area (Å²) in [6.45, 7) is 1.93. The maximum Gasteiger partial charge on any atom is 0.167 e. The third kappa shape index (κ3) is 1.11. The van der Waals surface area contributed by atoms with Crippen LogP contribution < -0.4 is 10.5 Å². The minimum absolute atomic E-state index is 0.634. The lowest BCUT2D eigenvalue weighted by Crippen LogP contribution is -1.96. The molecule has 2 aromatic rings. The summed E-state index contributed by atoms with van der Waals surface area (Å²) in [5.74, 6) is 0.683. The molecule has 0 aliphatic carbocycles. The zero-order valence-electron chi connectivity index (χ0n) is 7.61. The molecule has 0 aromatic carbocycles. The van der Waals surface area contributed by atoms with Crippen LogP contribution >= 0.6 is 0 Å². The number of aromatic nitrogens is 2. The molecule has 2 heterocycles. The van der Waals surface area contributed by atoms with Crippen molar-refractivity contribution in [2.75, 3.05) is 12.8 Å². The molecule has 0 aliphatic heterocycles. The van der Waals surface area contributed by atoms with E-state index in [1.165, 1.54) is 0 Å². The van der Waals surface area contributed by atoms with Gasteiger partial charge in [0, 0.05) is 6.20 Å². The van der Waals surface area contributed by atoms with E-state index in [0.29, 0.717) is 11.4 Å². The van der Waals surface area contributed by atoms with Gasteiger partial charge in [-0.2, -0.15) is 5.10 Å². The molecule has 4 heteroatoms. The van der Waals surface area contributed by atoms with Gasteiger partial charge < -0.3 is 10.5 Å². The highest BCUT2D eigenvalue weighted by atomic mass is 16.5. The third-order valence-electron chi connectivity index (χ3n) is 1.95. The topological polar surface area (TPSA) is 52.5 Å². The fraction of sp³-hybridized carbons (Fsp3) is 0.222. The number of fused-ring (bicyclic) bond motifs is 1. The van der Waals surface area contributed by atoms with Crippen LogP contribution in [0.4, 0.5) is 5.69 Å². The van der Waals surface area contributed by atoms with Crippen LogP contribution in [-0.2, 0) is 0 Å². The molecule has 0 radical (unpaired) electrons. The highest BCUT2D eigenvalue weighted by Crippen LogP contribution is 2.26. The lowest BCUT2D eigenvalue weighted by Gasteiger charge is -2.04. The second-order valence-electron chi connectivity index (χ2n) is 2.92. The van der Waals surface area contributed by atoms with Gasteiger partial charge in [-0.25, -0.2) is 4.52 Å². The molecule has 0 spiro atoms. The van der Waals surface area contributed by atoms with Gasteiger partial charge in [0.05, 0.1) is 18.5 Å². The predicted octanol–water partition coefficient (Wildman–Crippen LogP) is 1.23. The van der Waals surface area contributed by atoms with Gasteiger partial charge in [0.25, 0.3) is 0 Å². The first-order valence-electron chi connectivity index (χ1n) is 4.01. The summed E-state index contributed by atoms with van der Waals surface area (Å²) in [6.07, 6.45) is 1.82. The Morgan fingerprint density at radius 2 is 2.31 bits per heavy atom. The van der Waals surface area contributed by atoms with E-state index in [0.717, 1.165) is 11.2 Å². The van der Waals surface area contributed by atoms with E-state index in [1.807, 2.05) is 19.2 Å². The maximum absolute atomic E-state index is 5.74. The number of hydrogen-bond acceptors (Lipinski definition) is 3. The fourth-order valence-corrected chi connectivity index (χ4v) is 1.40. The van der Waals surface area contributed by atoms with E-state index in [4.69, 9.17) is 10.5 Å². The zero-order valence-corrected chi connectivity index (χ0v) is 7.61. The molecular formula is C9H11N3O. The minimum Gasteiger partial charge on any atom is -0.492 e. The third-order valence-corrected chi connectivity index (χ3v) is 1.95. The van der Waals surface area contributed by atoms with Gasteiger partial charge in [0.1, 0.15) is 5.52 Å². The Bertz CT molecular complexity index is 447. The second kappa shape index (κ2) is 2.65. The smallest absolute Gasteiger partial charge is 0.167 e. The van der Waals surface area contributed by atoms with Crippen LogP contribution in [-0.4, -0.2) is 16.7 Å². The zero-order chi connectivity index (χ0) is 9.42. The summed E-state index contributed by atoms with van der Waals surface area (Å²) < 4.78 is 6.94. The summed E-state index contributed by atoms with van der Waals surface area (Å²) in [5, 5.41) is 4.24. The first-order chi connectivity index (χ1) is 6.22. The standard InChI is InChI=1S/C9H11N3O/c1-6-5-8-9(13-2)7(10)3-4-12(8)11-6/h3-5H,10H2,1-2H3. The Morgan fingerprint density at radius 3 is 3.00 bits per heavy atom. The van der Waals surface area contributed by atoms with Crippen molar-refractivity contribution in [1.29, 1.82) is 0 Å². The molecule has 0 amide bonds. The van der Waals surface area contributed by atoms with E-state index in [-0.39, 0.29) is 0 Å². The van der Waals surface area contributed by atoms with Crippen molar-refractivity contribution in [2.24, 2.45) is 0 Å². The Kier molecular flexibility index (Phi) is 1.62. The molecular weight excluding hydrogens is 166 g/mol. The number of rotatable bonds is 1. The Morgan fingerprint density at radius 1 is 1.54 bits per heavy atom. The van der Waals surface area contributed by atoms with Crippen LogP contribution in [0.3, 0.4) is 0 Å². The van der Waals surface area contributed by atoms with Gasteiger partial charge in [0.2, 0.25) is 0 Å². The number of nitrogens with two attached hydrogens (primary N) is 1. The van der Waals surface area contributed by atoms with Gasteiger partial charge in [-0.05, 0) is 19.1 Å². The van der Waals surface area contributed by atoms with E-state index < -0.39 is 0 Å². The van der Waals surface area contributed by atoms with E-state index in [2.05, 4.69) is 5.10 Å². The van der Waals surface area contributed by atoms with E-state index in [9.17, 15) is 0 Å². The molecule has 0 saturated heterocycles. The van der Waals surface area contributed by atoms with Crippen LogP contribution in [0.15, 0.2) is 18.3 Å². The van der Waals surface area contributed by atoms with Crippen LogP contribution in [0, 0.1) is 6.92 Å². The lowest BCUT2D eigenvalue weighted by molar-refractivity contribution is 0.419. The molecule has 2 N–H and O–H groups in total. The summed E-state index contributed by atoms with van der Waals surface area (Å²) in [6, 6.07) is 3.72. The van der Waals surface area contributed by atoms with Gasteiger partial charge >= 0.3 is 0 Å². The molecule has 68 valence electrons. The molecule has 2 aromatic heterocycles. The molecule has 0 saturated carbocycles. The van der Waals surface area contributed by atoms with Crippen LogP contribution in [0.5, 0.6) is 5.75 Å². The number of aryl methyl sites for hydroxylation is 1. The molecule has 13 heavy (non-hydrogen) atoms. The van der Waals surface area contributed by atoms with E-state index >= 15 is 0 Å². The van der Waals surface area contributed by atoms with E-state index in [1.54, 1.807) is 17.7 Å². The van der Waals surface area contributed by atoms with Crippen molar-refractivity contribution in [1.82, 2.24) is 9.61 Å². The van der Waals surface area contributed by atoms with Crippen LogP contribution in [0.2, 0.25) is 0 Å². The van der Waals surface area contributed by atoms with Gasteiger partial charge in [-0.3, -0.25) is 0 Å². The Hall–Kier alpha value is -1.71. The predicted molar refractivity (Wildman–Crippen MR) is 50.9 cm³/mol. The molecule has 0 aliphatic rings. The Balaban J connectivity index is 2.82. The SMILES string of the molecule is COc1c(N)ccn2nc(C)cc12. The molecule has 4 nitrogen and oxygen atoms in total. The molecule has 0 bridgehead atoms. The summed E-state index contributed by atoms with van der Waals surface area (Å²) >= 11 is 0. The van der Waals surface area contributed by atoms with Gasteiger partial charge in [0.15, 0.2) is 5.75 Å². The number of ether oxygens (including phenoxy) is 1. The molecule has 0 atom stereocenters. The van der Waals surface area contributed by atoms with Crippen molar-refractivity contribution < 1.29 is 4.74 Å². The fourth-order valence-electron chi connectivity index (χ4n) is 1.40. The van der Waals surface area contributed by atoms with Crippen molar-refractivity contribution in [3.63, 3.8) is 0 Å². The average molecular weight is 177 g/mol. The maximum atomic E-state index is 5.74. The Labute approximate surface area is 75.9 Å². The molecule has 0 unspecified atom stereocenters. The number of methoxy groups -OCH3 is 1. The van der Waals surface area contributed by atoms with Crippen molar-refractivity contribution in [3.05, 3.63) is 24.0 Å². The van der Waals surface area contributed by atoms with Crippen molar-refractivity contribution in [3.8, 4) is 5.75 Å². The van der Waals surface area contributed by atoms with Gasteiger partial charge in [-0.15, -0.1) is 0 Å². The summed E-state index contributed by atoms with van der Waals surface area (Å²) in [5.41, 5.74) is 8.23. The van der Waals surface area contributed by atoms with Gasteiger partial charge in [-0.1, -0.05) is 0 Å². The second-order valence-corrected chi connectivity index (χ2v) is 2.92. The normalized spacial score (nSPS) is 10.6. The number of hydrogen-bond donors (Lipinski definition) is 1. The number of nitrogen functional groups attached to an aromatic ring is 1. The number of nitrogens with zero attached hydrogens (tertiary/aromatic N) is 2. The first kappa shape index (κ1) is 7.91. The quantitative estimate of drug-likeness (QED) is 0.712. The lowest BCUT2D eigenvalue weighted by atomic mass is 10.3. The number of anilines is 1. The molecule has 2 rings (SSSR count). The van der Waals surface area contributed by atoms with Crippen LogP contribution in [0.25, 0.3) is 5.52 Å². The molecule has 0 fully saturated rings. The van der Waals surface area contributed by atoms with Crippen molar-refractivity contribution in [2.45, 2.75) is 6.92 Å². The monoisotopic (exact) mass is 177 g/mol. The first-order valence-corrected chi connectivity index (χ1v) is 4.01. The summed E-state index contributed by atoms with van der Waals surface area (Å²) in [4.78, 5) is 0. The average Bonchev–Trinajstić information content (AvgIpc) is 2.45. The minimum atomic E-state index is 0.634. The largest absolute Gasteiger partial charge is 0.492 e. The van der Waals surface area contributed by atoms with Crippen molar-refractivity contribution >= 4 is 11.2 Å². The highest BCUT2D eigenvalue weighted by Gasteiger charge is 2.07. The number of pyridine rings is 1.